The van der Waals surface area contributed by atoms with E-state index in [1.165, 1.54) is 12.1 Å². The van der Waals surface area contributed by atoms with Crippen LogP contribution in [0.15, 0.2) is 41.1 Å². The summed E-state index contributed by atoms with van der Waals surface area (Å²) in [5.74, 6) is 0.421. The highest BCUT2D eigenvalue weighted by Crippen LogP contribution is 2.21. The molecule has 136 valence electrons. The highest BCUT2D eigenvalue weighted by atomic mass is 19.1. The standard InChI is InChI=1S/C18H20FN5O2/c1-3-5-16-15(10-21-24(16)14-7-4-6-13(19)9-14)20-11-18(25)22-17-8-12(2)26-23-17/h4,6-10,20H,3,5,11H2,1-2H3,(H,22,23,25). The molecule has 1 amide bonds. The molecule has 0 bridgehead atoms. The smallest absolute Gasteiger partial charge is 0.244 e. The maximum atomic E-state index is 13.5. The number of hydrogen-bond donors (Lipinski definition) is 2. The van der Waals surface area contributed by atoms with E-state index in [0.29, 0.717) is 17.3 Å². The fourth-order valence-corrected chi connectivity index (χ4v) is 2.62. The van der Waals surface area contributed by atoms with Gasteiger partial charge >= 0.3 is 0 Å². The van der Waals surface area contributed by atoms with E-state index >= 15 is 0 Å². The van der Waals surface area contributed by atoms with Gasteiger partial charge in [0.1, 0.15) is 11.6 Å². The van der Waals surface area contributed by atoms with Gasteiger partial charge in [-0.3, -0.25) is 4.79 Å². The summed E-state index contributed by atoms with van der Waals surface area (Å²) in [6, 6.07) is 7.89. The van der Waals surface area contributed by atoms with Gasteiger partial charge < -0.3 is 15.2 Å². The third-order valence-electron chi connectivity index (χ3n) is 3.74. The molecule has 1 aromatic carbocycles. The summed E-state index contributed by atoms with van der Waals surface area (Å²) in [5.41, 5.74) is 2.27. The molecule has 26 heavy (non-hydrogen) atoms. The molecular weight excluding hydrogens is 337 g/mol. The number of carbonyl (C=O) groups is 1. The molecule has 7 nitrogen and oxygen atoms in total. The molecule has 2 N–H and O–H groups in total. The zero-order chi connectivity index (χ0) is 18.5. The molecule has 0 unspecified atom stereocenters. The predicted octanol–water partition coefficient (Wildman–Crippen LogP) is 3.31. The molecule has 0 saturated carbocycles. The zero-order valence-corrected chi connectivity index (χ0v) is 14.6. The molecule has 3 rings (SSSR count). The number of nitrogens with one attached hydrogen (secondary N) is 2. The van der Waals surface area contributed by atoms with Crippen LogP contribution in [0.2, 0.25) is 0 Å². The van der Waals surface area contributed by atoms with Crippen LogP contribution in [-0.4, -0.2) is 27.4 Å². The SMILES string of the molecule is CCCc1c(NCC(=O)Nc2cc(C)on2)cnn1-c1cccc(F)c1. The van der Waals surface area contributed by atoms with Crippen molar-refractivity contribution in [3.63, 3.8) is 0 Å². The van der Waals surface area contributed by atoms with Crippen LogP contribution in [-0.2, 0) is 11.2 Å². The van der Waals surface area contributed by atoms with E-state index in [9.17, 15) is 9.18 Å². The van der Waals surface area contributed by atoms with Gasteiger partial charge in [-0.1, -0.05) is 24.6 Å². The normalized spacial score (nSPS) is 10.7. The van der Waals surface area contributed by atoms with Crippen molar-refractivity contribution in [1.29, 1.82) is 0 Å². The highest BCUT2D eigenvalue weighted by molar-refractivity contribution is 5.92. The fourth-order valence-electron chi connectivity index (χ4n) is 2.62. The van der Waals surface area contributed by atoms with Gasteiger partial charge in [-0.2, -0.15) is 5.10 Å². The minimum atomic E-state index is -0.322. The number of aromatic nitrogens is 3. The number of benzene rings is 1. The minimum Gasteiger partial charge on any atom is -0.373 e. The van der Waals surface area contributed by atoms with Gasteiger partial charge in [-0.15, -0.1) is 0 Å². The number of rotatable bonds is 7. The third-order valence-corrected chi connectivity index (χ3v) is 3.74. The summed E-state index contributed by atoms with van der Waals surface area (Å²) < 4.78 is 20.1. The summed E-state index contributed by atoms with van der Waals surface area (Å²) in [5, 5.41) is 13.8. The van der Waals surface area contributed by atoms with Gasteiger partial charge in [0, 0.05) is 6.07 Å². The lowest BCUT2D eigenvalue weighted by Gasteiger charge is -2.10. The topological polar surface area (TPSA) is 85.0 Å². The summed E-state index contributed by atoms with van der Waals surface area (Å²) in [6.45, 7) is 3.85. The number of anilines is 2. The molecule has 0 radical (unpaired) electrons. The molecule has 2 aromatic heterocycles. The van der Waals surface area contributed by atoms with Crippen LogP contribution in [0.1, 0.15) is 24.8 Å². The van der Waals surface area contributed by atoms with E-state index in [2.05, 4.69) is 20.9 Å². The van der Waals surface area contributed by atoms with Crippen LogP contribution >= 0.6 is 0 Å². The maximum absolute atomic E-state index is 13.5. The number of aryl methyl sites for hydroxylation is 1. The zero-order valence-electron chi connectivity index (χ0n) is 14.6. The lowest BCUT2D eigenvalue weighted by molar-refractivity contribution is -0.114. The molecule has 0 fully saturated rings. The molecule has 0 atom stereocenters. The minimum absolute atomic E-state index is 0.0530. The van der Waals surface area contributed by atoms with Gasteiger partial charge in [0.05, 0.1) is 29.8 Å². The van der Waals surface area contributed by atoms with E-state index in [-0.39, 0.29) is 18.3 Å². The molecular formula is C18H20FN5O2. The number of carbonyl (C=O) groups excluding carboxylic acids is 1. The Labute approximate surface area is 150 Å². The van der Waals surface area contributed by atoms with E-state index in [0.717, 1.165) is 24.2 Å². The van der Waals surface area contributed by atoms with Crippen LogP contribution in [0.4, 0.5) is 15.9 Å². The van der Waals surface area contributed by atoms with Crippen LogP contribution < -0.4 is 10.6 Å². The van der Waals surface area contributed by atoms with E-state index in [4.69, 9.17) is 4.52 Å². The maximum Gasteiger partial charge on any atom is 0.244 e. The first-order valence-electron chi connectivity index (χ1n) is 8.36. The Hall–Kier alpha value is -3.16. The second-order valence-electron chi connectivity index (χ2n) is 5.87. The Morgan fingerprint density at radius 2 is 2.19 bits per heavy atom. The van der Waals surface area contributed by atoms with E-state index < -0.39 is 0 Å². The van der Waals surface area contributed by atoms with Crippen molar-refractivity contribution in [2.75, 3.05) is 17.2 Å². The predicted molar refractivity (Wildman–Crippen MR) is 95.9 cm³/mol. The Morgan fingerprint density at radius 3 is 2.88 bits per heavy atom. The molecule has 0 spiro atoms. The third kappa shape index (κ3) is 4.08. The van der Waals surface area contributed by atoms with Gasteiger partial charge in [0.15, 0.2) is 5.82 Å². The summed E-state index contributed by atoms with van der Waals surface area (Å²) in [7, 11) is 0. The lowest BCUT2D eigenvalue weighted by Crippen LogP contribution is -2.22. The summed E-state index contributed by atoms with van der Waals surface area (Å²) in [6.07, 6.45) is 3.27. The van der Waals surface area contributed by atoms with E-state index in [1.807, 2.05) is 6.92 Å². The molecule has 2 heterocycles. The number of amides is 1. The highest BCUT2D eigenvalue weighted by Gasteiger charge is 2.13. The van der Waals surface area contributed by atoms with Gasteiger partial charge in [-0.25, -0.2) is 9.07 Å². The molecule has 0 aliphatic heterocycles. The Morgan fingerprint density at radius 1 is 1.35 bits per heavy atom. The lowest BCUT2D eigenvalue weighted by atomic mass is 10.2. The second-order valence-corrected chi connectivity index (χ2v) is 5.87. The van der Waals surface area contributed by atoms with Gasteiger partial charge in [0.2, 0.25) is 5.91 Å². The van der Waals surface area contributed by atoms with Crippen molar-refractivity contribution in [1.82, 2.24) is 14.9 Å². The second kappa shape index (κ2) is 7.81. The van der Waals surface area contributed by atoms with Crippen LogP contribution in [0.5, 0.6) is 0 Å². The fraction of sp³-hybridized carbons (Fsp3) is 0.278. The van der Waals surface area contributed by atoms with E-state index in [1.54, 1.807) is 36.0 Å². The monoisotopic (exact) mass is 357 g/mol. The summed E-state index contributed by atoms with van der Waals surface area (Å²) >= 11 is 0. The first kappa shape index (κ1) is 17.7. The van der Waals surface area contributed by atoms with Crippen molar-refractivity contribution < 1.29 is 13.7 Å². The molecule has 8 heteroatoms. The number of nitrogens with zero attached hydrogens (tertiary/aromatic N) is 3. The van der Waals surface area contributed by atoms with Crippen molar-refractivity contribution in [3.8, 4) is 5.69 Å². The van der Waals surface area contributed by atoms with Crippen molar-refractivity contribution in [2.24, 2.45) is 0 Å². The quantitative estimate of drug-likeness (QED) is 0.678. The van der Waals surface area contributed by atoms with Crippen LogP contribution in [0.3, 0.4) is 0 Å². The van der Waals surface area contributed by atoms with Gasteiger partial charge in [0.25, 0.3) is 0 Å². The first-order chi connectivity index (χ1) is 12.6. The average Bonchev–Trinajstić information content (AvgIpc) is 3.20. The molecule has 0 aliphatic carbocycles. The van der Waals surface area contributed by atoms with Crippen LogP contribution in [0.25, 0.3) is 5.69 Å². The van der Waals surface area contributed by atoms with Crippen molar-refractivity contribution in [2.45, 2.75) is 26.7 Å². The van der Waals surface area contributed by atoms with Crippen molar-refractivity contribution >= 4 is 17.4 Å². The summed E-state index contributed by atoms with van der Waals surface area (Å²) in [4.78, 5) is 12.1. The van der Waals surface area contributed by atoms with Crippen LogP contribution in [0, 0.1) is 12.7 Å². The Balaban J connectivity index is 1.72. The molecule has 0 aliphatic rings. The number of hydrogen-bond acceptors (Lipinski definition) is 5. The first-order valence-corrected chi connectivity index (χ1v) is 8.36. The molecule has 0 saturated heterocycles. The molecule has 3 aromatic rings. The Bertz CT molecular complexity index is 903. The van der Waals surface area contributed by atoms with Crippen molar-refractivity contribution in [3.05, 3.63) is 53.8 Å². The van der Waals surface area contributed by atoms with Gasteiger partial charge in [-0.05, 0) is 31.5 Å². The largest absolute Gasteiger partial charge is 0.373 e. The average molecular weight is 357 g/mol. The Kier molecular flexibility index (Phi) is 5.31. The number of halogens is 1.